The largest absolute Gasteiger partial charge is 0.483 e. The Labute approximate surface area is 155 Å². The first-order chi connectivity index (χ1) is 12.6. The molecule has 2 aromatic rings. The Bertz CT molecular complexity index is 763. The van der Waals surface area contributed by atoms with Crippen molar-refractivity contribution in [1.29, 1.82) is 0 Å². The van der Waals surface area contributed by atoms with Crippen LogP contribution in [0, 0.1) is 0 Å². The van der Waals surface area contributed by atoms with E-state index in [1.165, 1.54) is 0 Å². The molecular formula is C22H27NO3. The summed E-state index contributed by atoms with van der Waals surface area (Å²) in [5, 5.41) is 13.2. The molecule has 2 aromatic carbocycles. The van der Waals surface area contributed by atoms with Gasteiger partial charge in [0.15, 0.2) is 6.61 Å². The van der Waals surface area contributed by atoms with E-state index in [0.29, 0.717) is 5.75 Å². The SMILES string of the molecule is CCc1cccc(CC)c1NC(=O)COc1cccc2c1CCCC2O. The zero-order valence-electron chi connectivity index (χ0n) is 15.5. The lowest BCUT2D eigenvalue weighted by Crippen LogP contribution is -2.22. The third-order valence-electron chi connectivity index (χ3n) is 5.05. The Morgan fingerprint density at radius 3 is 2.54 bits per heavy atom. The number of para-hydroxylation sites is 1. The molecule has 138 valence electrons. The summed E-state index contributed by atoms with van der Waals surface area (Å²) in [6.07, 6.45) is 3.90. The van der Waals surface area contributed by atoms with Crippen molar-refractivity contribution in [3.8, 4) is 5.75 Å². The van der Waals surface area contributed by atoms with Crippen molar-refractivity contribution in [2.75, 3.05) is 11.9 Å². The third kappa shape index (κ3) is 3.91. The van der Waals surface area contributed by atoms with Gasteiger partial charge in [0.2, 0.25) is 0 Å². The molecule has 0 aliphatic heterocycles. The molecule has 0 saturated heterocycles. The van der Waals surface area contributed by atoms with Crippen LogP contribution in [-0.2, 0) is 24.1 Å². The zero-order valence-corrected chi connectivity index (χ0v) is 15.5. The predicted octanol–water partition coefficient (Wildman–Crippen LogP) is 4.20. The maximum absolute atomic E-state index is 12.5. The summed E-state index contributed by atoms with van der Waals surface area (Å²) in [5.74, 6) is 0.547. The number of aryl methyl sites for hydroxylation is 2. The Morgan fingerprint density at radius 2 is 1.85 bits per heavy atom. The molecule has 0 saturated carbocycles. The Hall–Kier alpha value is -2.33. The van der Waals surface area contributed by atoms with E-state index in [1.807, 2.05) is 36.4 Å². The van der Waals surface area contributed by atoms with Gasteiger partial charge in [-0.2, -0.15) is 0 Å². The van der Waals surface area contributed by atoms with Gasteiger partial charge in [0, 0.05) is 5.69 Å². The molecule has 1 unspecified atom stereocenters. The van der Waals surface area contributed by atoms with Crippen molar-refractivity contribution in [3.05, 3.63) is 58.7 Å². The van der Waals surface area contributed by atoms with Crippen molar-refractivity contribution in [2.24, 2.45) is 0 Å². The van der Waals surface area contributed by atoms with E-state index in [-0.39, 0.29) is 12.5 Å². The van der Waals surface area contributed by atoms with Crippen LogP contribution in [-0.4, -0.2) is 17.6 Å². The van der Waals surface area contributed by atoms with Gasteiger partial charge in [0.05, 0.1) is 6.10 Å². The van der Waals surface area contributed by atoms with Crippen LogP contribution in [0.3, 0.4) is 0 Å². The summed E-state index contributed by atoms with van der Waals surface area (Å²) in [4.78, 5) is 12.5. The number of aliphatic hydroxyl groups is 1. The molecule has 4 heteroatoms. The summed E-state index contributed by atoms with van der Waals surface area (Å²) >= 11 is 0. The van der Waals surface area contributed by atoms with E-state index < -0.39 is 6.10 Å². The van der Waals surface area contributed by atoms with Crippen LogP contribution in [0.4, 0.5) is 5.69 Å². The van der Waals surface area contributed by atoms with Crippen molar-refractivity contribution >= 4 is 11.6 Å². The minimum absolute atomic E-state index is 0.0340. The van der Waals surface area contributed by atoms with Gasteiger partial charge in [0.25, 0.3) is 5.91 Å². The molecule has 0 heterocycles. The Kier molecular flexibility index (Phi) is 5.94. The second-order valence-electron chi connectivity index (χ2n) is 6.73. The molecule has 0 bridgehead atoms. The Balaban J connectivity index is 1.70. The number of hydrogen-bond donors (Lipinski definition) is 2. The third-order valence-corrected chi connectivity index (χ3v) is 5.05. The number of fused-ring (bicyclic) bond motifs is 1. The van der Waals surface area contributed by atoms with E-state index >= 15 is 0 Å². The highest BCUT2D eigenvalue weighted by Gasteiger charge is 2.21. The molecule has 0 radical (unpaired) electrons. The maximum atomic E-state index is 12.5. The zero-order chi connectivity index (χ0) is 18.5. The van der Waals surface area contributed by atoms with E-state index in [1.54, 1.807) is 0 Å². The number of rotatable bonds is 6. The number of anilines is 1. The maximum Gasteiger partial charge on any atom is 0.262 e. The number of benzene rings is 2. The van der Waals surface area contributed by atoms with Crippen LogP contribution in [0.15, 0.2) is 36.4 Å². The molecule has 1 aliphatic rings. The van der Waals surface area contributed by atoms with Gasteiger partial charge in [-0.05, 0) is 60.4 Å². The fourth-order valence-electron chi connectivity index (χ4n) is 3.65. The smallest absolute Gasteiger partial charge is 0.262 e. The van der Waals surface area contributed by atoms with Crippen LogP contribution < -0.4 is 10.1 Å². The number of hydrogen-bond acceptors (Lipinski definition) is 3. The van der Waals surface area contributed by atoms with Gasteiger partial charge in [-0.1, -0.05) is 44.2 Å². The van der Waals surface area contributed by atoms with Crippen molar-refractivity contribution in [3.63, 3.8) is 0 Å². The van der Waals surface area contributed by atoms with Gasteiger partial charge in [0.1, 0.15) is 5.75 Å². The second kappa shape index (κ2) is 8.37. The van der Waals surface area contributed by atoms with Crippen molar-refractivity contribution in [2.45, 2.75) is 52.1 Å². The number of carbonyl (C=O) groups is 1. The molecule has 3 rings (SSSR count). The predicted molar refractivity (Wildman–Crippen MR) is 104 cm³/mol. The van der Waals surface area contributed by atoms with Crippen molar-refractivity contribution in [1.82, 2.24) is 0 Å². The highest BCUT2D eigenvalue weighted by Crippen LogP contribution is 2.35. The molecule has 1 amide bonds. The lowest BCUT2D eigenvalue weighted by atomic mass is 9.89. The van der Waals surface area contributed by atoms with E-state index in [9.17, 15) is 9.90 Å². The van der Waals surface area contributed by atoms with Crippen LogP contribution >= 0.6 is 0 Å². The van der Waals surface area contributed by atoms with Gasteiger partial charge >= 0.3 is 0 Å². The number of aliphatic hydroxyl groups excluding tert-OH is 1. The molecule has 0 aromatic heterocycles. The van der Waals surface area contributed by atoms with Crippen LogP contribution in [0.2, 0.25) is 0 Å². The quantitative estimate of drug-likeness (QED) is 0.818. The number of nitrogens with one attached hydrogen (secondary N) is 1. The molecule has 0 spiro atoms. The van der Waals surface area contributed by atoms with Gasteiger partial charge in [-0.15, -0.1) is 0 Å². The summed E-state index contributed by atoms with van der Waals surface area (Å²) in [6.45, 7) is 4.14. The Morgan fingerprint density at radius 1 is 1.15 bits per heavy atom. The van der Waals surface area contributed by atoms with Crippen LogP contribution in [0.5, 0.6) is 5.75 Å². The normalized spacial score (nSPS) is 16.0. The lowest BCUT2D eigenvalue weighted by Gasteiger charge is -2.23. The summed E-state index contributed by atoms with van der Waals surface area (Å²) in [6, 6.07) is 11.8. The molecule has 1 aliphatic carbocycles. The van der Waals surface area contributed by atoms with Gasteiger partial charge < -0.3 is 15.2 Å². The number of amides is 1. The average molecular weight is 353 g/mol. The van der Waals surface area contributed by atoms with Crippen molar-refractivity contribution < 1.29 is 14.6 Å². The molecule has 0 fully saturated rings. The minimum atomic E-state index is -0.431. The number of carbonyl (C=O) groups excluding carboxylic acids is 1. The topological polar surface area (TPSA) is 58.6 Å². The fourth-order valence-corrected chi connectivity index (χ4v) is 3.65. The monoisotopic (exact) mass is 353 g/mol. The van der Waals surface area contributed by atoms with E-state index in [4.69, 9.17) is 4.74 Å². The average Bonchev–Trinajstić information content (AvgIpc) is 2.67. The fraction of sp³-hybridized carbons (Fsp3) is 0.409. The van der Waals surface area contributed by atoms with Crippen LogP contribution in [0.25, 0.3) is 0 Å². The molecule has 4 nitrogen and oxygen atoms in total. The standard InChI is InChI=1S/C22H27NO3/c1-3-15-8-5-9-16(4-2)22(15)23-21(25)14-26-20-13-7-10-17-18(20)11-6-12-19(17)24/h5,7-10,13,19,24H,3-4,6,11-12,14H2,1-2H3,(H,23,25). The van der Waals surface area contributed by atoms with Gasteiger partial charge in [-0.3, -0.25) is 4.79 Å². The summed E-state index contributed by atoms with van der Waals surface area (Å²) in [5.41, 5.74) is 5.15. The first kappa shape index (κ1) is 18.5. The second-order valence-corrected chi connectivity index (χ2v) is 6.73. The molecule has 2 N–H and O–H groups in total. The van der Waals surface area contributed by atoms with E-state index in [2.05, 4.69) is 19.2 Å². The highest BCUT2D eigenvalue weighted by molar-refractivity contribution is 5.93. The first-order valence-electron chi connectivity index (χ1n) is 9.47. The molecular weight excluding hydrogens is 326 g/mol. The molecule has 1 atom stereocenters. The van der Waals surface area contributed by atoms with Gasteiger partial charge in [-0.25, -0.2) is 0 Å². The lowest BCUT2D eigenvalue weighted by molar-refractivity contribution is -0.118. The van der Waals surface area contributed by atoms with E-state index in [0.717, 1.165) is 60.0 Å². The summed E-state index contributed by atoms with van der Waals surface area (Å²) in [7, 11) is 0. The minimum Gasteiger partial charge on any atom is -0.483 e. The summed E-state index contributed by atoms with van der Waals surface area (Å²) < 4.78 is 5.81. The van der Waals surface area contributed by atoms with Crippen LogP contribution in [0.1, 0.15) is 55.0 Å². The first-order valence-corrected chi connectivity index (χ1v) is 9.47. The number of ether oxygens (including phenoxy) is 1. The highest BCUT2D eigenvalue weighted by atomic mass is 16.5. The molecule has 26 heavy (non-hydrogen) atoms.